The molecule has 5 heteroatoms. The van der Waals surface area contributed by atoms with Crippen LogP contribution in [0.2, 0.25) is 0 Å². The molecule has 1 aromatic heterocycles. The molecule has 2 aromatic rings. The molecule has 1 N–H and O–H groups in total. The van der Waals surface area contributed by atoms with E-state index in [-0.39, 0.29) is 12.5 Å². The van der Waals surface area contributed by atoms with Crippen molar-refractivity contribution in [2.24, 2.45) is 0 Å². The van der Waals surface area contributed by atoms with Gasteiger partial charge in [0.1, 0.15) is 0 Å². The molecule has 0 bridgehead atoms. The monoisotopic (exact) mass is 286 g/mol. The number of carbonyl (C=O) groups excluding carboxylic acids is 2. The maximum atomic E-state index is 12.1. The van der Waals surface area contributed by atoms with Crippen LogP contribution in [-0.4, -0.2) is 23.1 Å². The number of esters is 1. The molecule has 0 aliphatic heterocycles. The van der Waals surface area contributed by atoms with Crippen molar-refractivity contribution in [3.63, 3.8) is 0 Å². The van der Waals surface area contributed by atoms with E-state index in [9.17, 15) is 9.59 Å². The molecule has 0 aliphatic carbocycles. The number of nitrogens with one attached hydrogen (secondary N) is 1. The standard InChI is InChI=1S/C16H18N2O3/c1-3-21-16(20)15-14(17-12(2)19)9-10-18(15)11-13-7-5-4-6-8-13/h4-10H,3,11H2,1-2H3,(H,17,19). The van der Waals surface area contributed by atoms with Gasteiger partial charge in [-0.25, -0.2) is 4.79 Å². The smallest absolute Gasteiger partial charge is 0.357 e. The molecule has 21 heavy (non-hydrogen) atoms. The van der Waals surface area contributed by atoms with Gasteiger partial charge in [-0.1, -0.05) is 30.3 Å². The Morgan fingerprint density at radius 3 is 2.52 bits per heavy atom. The van der Waals surface area contributed by atoms with Crippen molar-refractivity contribution in [3.05, 3.63) is 53.9 Å². The fourth-order valence-electron chi connectivity index (χ4n) is 2.10. The van der Waals surface area contributed by atoms with Gasteiger partial charge >= 0.3 is 5.97 Å². The van der Waals surface area contributed by atoms with Crippen LogP contribution in [0.4, 0.5) is 5.69 Å². The number of amides is 1. The van der Waals surface area contributed by atoms with Crippen molar-refractivity contribution in [1.82, 2.24) is 4.57 Å². The molecule has 5 nitrogen and oxygen atoms in total. The van der Waals surface area contributed by atoms with Crippen LogP contribution < -0.4 is 5.32 Å². The van der Waals surface area contributed by atoms with E-state index in [4.69, 9.17) is 4.74 Å². The number of hydrogen-bond acceptors (Lipinski definition) is 3. The fraction of sp³-hybridized carbons (Fsp3) is 0.250. The van der Waals surface area contributed by atoms with Gasteiger partial charge in [0.15, 0.2) is 5.69 Å². The Balaban J connectivity index is 2.34. The van der Waals surface area contributed by atoms with Crippen LogP contribution in [-0.2, 0) is 16.1 Å². The Morgan fingerprint density at radius 1 is 1.19 bits per heavy atom. The number of carbonyl (C=O) groups is 2. The number of anilines is 1. The molecule has 1 amide bonds. The zero-order valence-corrected chi connectivity index (χ0v) is 12.1. The predicted molar refractivity (Wildman–Crippen MR) is 80.2 cm³/mol. The Morgan fingerprint density at radius 2 is 1.90 bits per heavy atom. The van der Waals surface area contributed by atoms with E-state index in [1.165, 1.54) is 6.92 Å². The molecular weight excluding hydrogens is 268 g/mol. The molecule has 0 fully saturated rings. The van der Waals surface area contributed by atoms with Crippen molar-refractivity contribution in [2.75, 3.05) is 11.9 Å². The largest absolute Gasteiger partial charge is 0.461 e. The summed E-state index contributed by atoms with van der Waals surface area (Å²) in [4.78, 5) is 23.4. The second-order valence-electron chi connectivity index (χ2n) is 4.59. The quantitative estimate of drug-likeness (QED) is 0.860. The second-order valence-corrected chi connectivity index (χ2v) is 4.59. The summed E-state index contributed by atoms with van der Waals surface area (Å²) >= 11 is 0. The summed E-state index contributed by atoms with van der Waals surface area (Å²) in [5.74, 6) is -0.666. The molecule has 1 aromatic carbocycles. The molecule has 1 heterocycles. The first-order valence-electron chi connectivity index (χ1n) is 6.79. The van der Waals surface area contributed by atoms with E-state index < -0.39 is 5.97 Å². The number of nitrogens with zero attached hydrogens (tertiary/aromatic N) is 1. The summed E-state index contributed by atoms with van der Waals surface area (Å²) in [5, 5.41) is 2.66. The lowest BCUT2D eigenvalue weighted by molar-refractivity contribution is -0.114. The van der Waals surface area contributed by atoms with Crippen LogP contribution in [0.3, 0.4) is 0 Å². The van der Waals surface area contributed by atoms with Crippen LogP contribution in [0.1, 0.15) is 29.9 Å². The first-order chi connectivity index (χ1) is 10.1. The highest BCUT2D eigenvalue weighted by molar-refractivity contribution is 5.99. The normalized spacial score (nSPS) is 10.2. The van der Waals surface area contributed by atoms with Crippen molar-refractivity contribution in [1.29, 1.82) is 0 Å². The Kier molecular flexibility index (Phi) is 4.77. The maximum absolute atomic E-state index is 12.1. The molecule has 110 valence electrons. The SMILES string of the molecule is CCOC(=O)c1c(NC(C)=O)ccn1Cc1ccccc1. The van der Waals surface area contributed by atoms with E-state index in [1.807, 2.05) is 30.3 Å². The average Bonchev–Trinajstić information content (AvgIpc) is 2.82. The van der Waals surface area contributed by atoms with E-state index in [2.05, 4.69) is 5.32 Å². The number of rotatable bonds is 5. The minimum Gasteiger partial charge on any atom is -0.461 e. The van der Waals surface area contributed by atoms with Crippen LogP contribution in [0, 0.1) is 0 Å². The van der Waals surface area contributed by atoms with Crippen LogP contribution >= 0.6 is 0 Å². The van der Waals surface area contributed by atoms with Gasteiger partial charge in [0.25, 0.3) is 0 Å². The highest BCUT2D eigenvalue weighted by atomic mass is 16.5. The van der Waals surface area contributed by atoms with Gasteiger partial charge in [-0.15, -0.1) is 0 Å². The first kappa shape index (κ1) is 14.8. The molecular formula is C16H18N2O3. The third-order valence-corrected chi connectivity index (χ3v) is 2.94. The summed E-state index contributed by atoms with van der Waals surface area (Å²) in [7, 11) is 0. The summed E-state index contributed by atoms with van der Waals surface area (Å²) in [6.07, 6.45) is 1.77. The van der Waals surface area contributed by atoms with Gasteiger partial charge in [0.05, 0.1) is 12.3 Å². The van der Waals surface area contributed by atoms with E-state index in [1.54, 1.807) is 23.8 Å². The minimum atomic E-state index is -0.442. The highest BCUT2D eigenvalue weighted by Gasteiger charge is 2.19. The molecule has 0 unspecified atom stereocenters. The first-order valence-corrected chi connectivity index (χ1v) is 6.79. The number of aromatic nitrogens is 1. The Hall–Kier alpha value is -2.56. The molecule has 0 spiro atoms. The Bertz CT molecular complexity index is 632. The average molecular weight is 286 g/mol. The predicted octanol–water partition coefficient (Wildman–Crippen LogP) is 2.67. The number of benzene rings is 1. The molecule has 2 rings (SSSR count). The summed E-state index contributed by atoms with van der Waals surface area (Å²) in [6, 6.07) is 11.5. The molecule has 0 saturated heterocycles. The lowest BCUT2D eigenvalue weighted by Gasteiger charge is -2.11. The molecule has 0 saturated carbocycles. The third kappa shape index (κ3) is 3.72. The summed E-state index contributed by atoms with van der Waals surface area (Å²) < 4.78 is 6.85. The fourth-order valence-corrected chi connectivity index (χ4v) is 2.10. The molecule has 0 aliphatic rings. The lowest BCUT2D eigenvalue weighted by Crippen LogP contribution is -2.16. The third-order valence-electron chi connectivity index (χ3n) is 2.94. The number of ether oxygens (including phenoxy) is 1. The zero-order chi connectivity index (χ0) is 15.2. The van der Waals surface area contributed by atoms with Crippen molar-refractivity contribution >= 4 is 17.6 Å². The van der Waals surface area contributed by atoms with Crippen molar-refractivity contribution in [3.8, 4) is 0 Å². The van der Waals surface area contributed by atoms with Gasteiger partial charge in [-0.3, -0.25) is 4.79 Å². The zero-order valence-electron chi connectivity index (χ0n) is 12.1. The van der Waals surface area contributed by atoms with E-state index in [0.717, 1.165) is 5.56 Å². The van der Waals surface area contributed by atoms with Crippen molar-refractivity contribution in [2.45, 2.75) is 20.4 Å². The minimum absolute atomic E-state index is 0.224. The Labute approximate surface area is 123 Å². The lowest BCUT2D eigenvalue weighted by atomic mass is 10.2. The van der Waals surface area contributed by atoms with Gasteiger partial charge in [0.2, 0.25) is 5.91 Å². The topological polar surface area (TPSA) is 60.3 Å². The van der Waals surface area contributed by atoms with E-state index in [0.29, 0.717) is 17.9 Å². The van der Waals surface area contributed by atoms with Crippen LogP contribution in [0.5, 0.6) is 0 Å². The van der Waals surface area contributed by atoms with Crippen LogP contribution in [0.25, 0.3) is 0 Å². The van der Waals surface area contributed by atoms with Gasteiger partial charge in [-0.2, -0.15) is 0 Å². The molecule has 0 radical (unpaired) electrons. The van der Waals surface area contributed by atoms with Crippen molar-refractivity contribution < 1.29 is 14.3 Å². The number of hydrogen-bond donors (Lipinski definition) is 1. The second kappa shape index (κ2) is 6.74. The highest BCUT2D eigenvalue weighted by Crippen LogP contribution is 2.20. The summed E-state index contributed by atoms with van der Waals surface area (Å²) in [5.41, 5.74) is 1.89. The summed E-state index contributed by atoms with van der Waals surface area (Å²) in [6.45, 7) is 3.98. The molecule has 0 atom stereocenters. The van der Waals surface area contributed by atoms with Gasteiger partial charge in [0, 0.05) is 19.7 Å². The van der Waals surface area contributed by atoms with Gasteiger partial charge < -0.3 is 14.6 Å². The van der Waals surface area contributed by atoms with Gasteiger partial charge in [-0.05, 0) is 18.6 Å². The van der Waals surface area contributed by atoms with Crippen LogP contribution in [0.15, 0.2) is 42.6 Å². The maximum Gasteiger partial charge on any atom is 0.357 e. The van der Waals surface area contributed by atoms with E-state index >= 15 is 0 Å².